The fourth-order valence-corrected chi connectivity index (χ4v) is 5.33. The number of ether oxygens (including phenoxy) is 1. The summed E-state index contributed by atoms with van der Waals surface area (Å²) >= 11 is 0. The van der Waals surface area contributed by atoms with E-state index in [-0.39, 0.29) is 5.75 Å². The zero-order valence-electron chi connectivity index (χ0n) is 19.1. The van der Waals surface area contributed by atoms with Gasteiger partial charge in [0.05, 0.1) is 17.8 Å². The number of aromatic amines is 1. The van der Waals surface area contributed by atoms with Gasteiger partial charge in [0.1, 0.15) is 5.75 Å². The van der Waals surface area contributed by atoms with Crippen LogP contribution < -0.4 is 4.74 Å². The molecule has 1 fully saturated rings. The molecule has 4 rings (SSSR count). The highest BCUT2D eigenvalue weighted by Gasteiger charge is 2.20. The van der Waals surface area contributed by atoms with E-state index in [1.165, 1.54) is 38.0 Å². The molecule has 1 aliphatic rings. The average molecular weight is 453 g/mol. The Kier molecular flexibility index (Phi) is 6.72. The highest BCUT2D eigenvalue weighted by molar-refractivity contribution is 7.91. The first-order chi connectivity index (χ1) is 15.4. The summed E-state index contributed by atoms with van der Waals surface area (Å²) in [5.41, 5.74) is 5.13. The van der Waals surface area contributed by atoms with E-state index in [0.717, 1.165) is 22.4 Å². The number of methoxy groups -OCH3 is 1. The maximum Gasteiger partial charge on any atom is 0.178 e. The van der Waals surface area contributed by atoms with Crippen LogP contribution in [0.15, 0.2) is 59.5 Å². The predicted molar refractivity (Wildman–Crippen MR) is 130 cm³/mol. The number of rotatable bonds is 7. The van der Waals surface area contributed by atoms with E-state index in [0.29, 0.717) is 16.7 Å². The summed E-state index contributed by atoms with van der Waals surface area (Å²) in [5, 5.41) is 0. The van der Waals surface area contributed by atoms with Gasteiger partial charge in [-0.1, -0.05) is 37.6 Å². The summed E-state index contributed by atoms with van der Waals surface area (Å²) in [6.07, 6.45) is 3.90. The van der Waals surface area contributed by atoms with E-state index >= 15 is 0 Å². The van der Waals surface area contributed by atoms with Crippen molar-refractivity contribution in [1.82, 2.24) is 9.88 Å². The minimum Gasteiger partial charge on any atom is -0.496 e. The number of piperidine rings is 1. The minimum absolute atomic E-state index is 0.0721. The third kappa shape index (κ3) is 4.62. The van der Waals surface area contributed by atoms with Gasteiger partial charge in [0.15, 0.2) is 9.84 Å². The van der Waals surface area contributed by atoms with Crippen molar-refractivity contribution in [3.05, 3.63) is 60.3 Å². The molecular weight excluding hydrogens is 420 g/mol. The first-order valence-electron chi connectivity index (χ1n) is 11.4. The van der Waals surface area contributed by atoms with Crippen LogP contribution in [0.2, 0.25) is 0 Å². The Morgan fingerprint density at radius 3 is 2.31 bits per heavy atom. The molecule has 5 nitrogen and oxygen atoms in total. The van der Waals surface area contributed by atoms with Crippen LogP contribution in [0.3, 0.4) is 0 Å². The third-order valence-electron chi connectivity index (χ3n) is 6.51. The van der Waals surface area contributed by atoms with Crippen LogP contribution in [0.5, 0.6) is 5.75 Å². The molecule has 0 amide bonds. The molecule has 32 heavy (non-hydrogen) atoms. The van der Waals surface area contributed by atoms with Crippen LogP contribution in [0.1, 0.15) is 44.8 Å². The van der Waals surface area contributed by atoms with Gasteiger partial charge in [0, 0.05) is 23.0 Å². The number of sulfone groups is 1. The Labute approximate surface area is 191 Å². The van der Waals surface area contributed by atoms with Gasteiger partial charge in [-0.3, -0.25) is 4.90 Å². The van der Waals surface area contributed by atoms with E-state index in [9.17, 15) is 8.42 Å². The third-order valence-corrected chi connectivity index (χ3v) is 8.25. The lowest BCUT2D eigenvalue weighted by molar-refractivity contribution is 0.172. The van der Waals surface area contributed by atoms with Crippen LogP contribution in [0.4, 0.5) is 0 Å². The standard InChI is InChI=1S/C26H32N2O3S/c1-4-32(29,30)22-12-15-26(31-3)23(18-22)20-8-10-21(11-9-20)25-14-13-24(27-25)19(2)28-16-6-5-7-17-28/h8-15,18-19,27H,4-7,16-17H2,1-3H3. The largest absolute Gasteiger partial charge is 0.496 e. The highest BCUT2D eigenvalue weighted by atomic mass is 32.2. The van der Waals surface area contributed by atoms with Gasteiger partial charge in [-0.15, -0.1) is 0 Å². The molecule has 3 aromatic rings. The van der Waals surface area contributed by atoms with Crippen LogP contribution in [0.25, 0.3) is 22.4 Å². The minimum atomic E-state index is -3.28. The number of H-pyrrole nitrogens is 1. The number of nitrogens with zero attached hydrogens (tertiary/aromatic N) is 1. The molecule has 1 unspecified atom stereocenters. The summed E-state index contributed by atoms with van der Waals surface area (Å²) in [6.45, 7) is 6.26. The topological polar surface area (TPSA) is 62.4 Å². The first kappa shape index (κ1) is 22.6. The second-order valence-electron chi connectivity index (χ2n) is 8.44. The molecular formula is C26H32N2O3S. The summed E-state index contributed by atoms with van der Waals surface area (Å²) < 4.78 is 30.2. The molecule has 0 aliphatic carbocycles. The highest BCUT2D eigenvalue weighted by Crippen LogP contribution is 2.34. The van der Waals surface area contributed by atoms with E-state index in [2.05, 4.69) is 41.1 Å². The fourth-order valence-electron chi connectivity index (χ4n) is 4.43. The van der Waals surface area contributed by atoms with Crippen molar-refractivity contribution in [2.75, 3.05) is 26.0 Å². The summed E-state index contributed by atoms with van der Waals surface area (Å²) in [6, 6.07) is 17.9. The second kappa shape index (κ2) is 9.51. The van der Waals surface area contributed by atoms with Crippen LogP contribution in [-0.2, 0) is 9.84 Å². The van der Waals surface area contributed by atoms with Crippen molar-refractivity contribution in [1.29, 1.82) is 0 Å². The van der Waals surface area contributed by atoms with Crippen molar-refractivity contribution in [3.63, 3.8) is 0 Å². The van der Waals surface area contributed by atoms with Gasteiger partial charge >= 0.3 is 0 Å². The molecule has 1 aliphatic heterocycles. The Morgan fingerprint density at radius 2 is 1.66 bits per heavy atom. The van der Waals surface area contributed by atoms with Gasteiger partial charge < -0.3 is 9.72 Å². The molecule has 1 atom stereocenters. The number of hydrogen-bond donors (Lipinski definition) is 1. The lowest BCUT2D eigenvalue weighted by Gasteiger charge is -2.31. The smallest absolute Gasteiger partial charge is 0.178 e. The number of nitrogens with one attached hydrogen (secondary N) is 1. The van der Waals surface area contributed by atoms with Crippen molar-refractivity contribution in [2.45, 2.75) is 44.0 Å². The normalized spacial score (nSPS) is 16.1. The van der Waals surface area contributed by atoms with E-state index < -0.39 is 9.84 Å². The van der Waals surface area contributed by atoms with Crippen LogP contribution in [-0.4, -0.2) is 44.3 Å². The van der Waals surface area contributed by atoms with Gasteiger partial charge in [-0.25, -0.2) is 8.42 Å². The second-order valence-corrected chi connectivity index (χ2v) is 10.7. The number of hydrogen-bond acceptors (Lipinski definition) is 4. The molecule has 2 aromatic carbocycles. The molecule has 2 heterocycles. The SMILES string of the molecule is CCS(=O)(=O)c1ccc(OC)c(-c2ccc(-c3ccc(C(C)N4CCCCC4)[nH]3)cc2)c1. The van der Waals surface area contributed by atoms with Crippen molar-refractivity contribution in [3.8, 4) is 28.1 Å². The number of likely N-dealkylation sites (tertiary alicyclic amines) is 1. The quantitative estimate of drug-likeness (QED) is 0.500. The fraction of sp³-hybridized carbons (Fsp3) is 0.385. The number of aromatic nitrogens is 1. The summed E-state index contributed by atoms with van der Waals surface area (Å²) in [7, 11) is -1.68. The monoisotopic (exact) mass is 452 g/mol. The van der Waals surface area contributed by atoms with Crippen LogP contribution >= 0.6 is 0 Å². The average Bonchev–Trinajstić information content (AvgIpc) is 3.34. The lowest BCUT2D eigenvalue weighted by Crippen LogP contribution is -2.32. The Bertz CT molecular complexity index is 1160. The molecule has 0 saturated carbocycles. The summed E-state index contributed by atoms with van der Waals surface area (Å²) in [5.74, 6) is 0.730. The lowest BCUT2D eigenvalue weighted by atomic mass is 10.0. The molecule has 1 N–H and O–H groups in total. The predicted octanol–water partition coefficient (Wildman–Crippen LogP) is 5.70. The Hall–Kier alpha value is -2.57. The summed E-state index contributed by atoms with van der Waals surface area (Å²) in [4.78, 5) is 6.47. The first-order valence-corrected chi connectivity index (χ1v) is 13.0. The Balaban J connectivity index is 1.59. The molecule has 1 aromatic heterocycles. The zero-order valence-corrected chi connectivity index (χ0v) is 19.9. The molecule has 0 radical (unpaired) electrons. The van der Waals surface area contributed by atoms with Gasteiger partial charge in [0.25, 0.3) is 0 Å². The van der Waals surface area contributed by atoms with E-state index in [1.54, 1.807) is 32.2 Å². The maximum atomic E-state index is 12.3. The zero-order chi connectivity index (χ0) is 22.7. The molecule has 0 spiro atoms. The van der Waals surface area contributed by atoms with Crippen molar-refractivity contribution in [2.24, 2.45) is 0 Å². The van der Waals surface area contributed by atoms with Crippen LogP contribution in [0, 0.1) is 0 Å². The van der Waals surface area contributed by atoms with E-state index in [1.807, 2.05) is 12.1 Å². The van der Waals surface area contributed by atoms with Gasteiger partial charge in [0.2, 0.25) is 0 Å². The van der Waals surface area contributed by atoms with Gasteiger partial charge in [-0.2, -0.15) is 0 Å². The van der Waals surface area contributed by atoms with Crippen molar-refractivity contribution < 1.29 is 13.2 Å². The number of benzene rings is 2. The molecule has 170 valence electrons. The molecule has 1 saturated heterocycles. The maximum absolute atomic E-state index is 12.3. The van der Waals surface area contributed by atoms with Crippen molar-refractivity contribution >= 4 is 9.84 Å². The van der Waals surface area contributed by atoms with E-state index in [4.69, 9.17) is 4.74 Å². The molecule has 6 heteroatoms. The molecule has 0 bridgehead atoms. The Morgan fingerprint density at radius 1 is 0.969 bits per heavy atom. The van der Waals surface area contributed by atoms with Gasteiger partial charge in [-0.05, 0) is 74.3 Å².